The highest BCUT2D eigenvalue weighted by atomic mass is 79.9. The first-order valence-electron chi connectivity index (χ1n) is 4.92. The summed E-state index contributed by atoms with van der Waals surface area (Å²) in [5.74, 6) is 0.369. The Morgan fingerprint density at radius 3 is 2.61 bits per heavy atom. The van der Waals surface area contributed by atoms with Gasteiger partial charge in [-0.15, -0.1) is 0 Å². The Bertz CT molecular complexity index is 639. The summed E-state index contributed by atoms with van der Waals surface area (Å²) >= 11 is 9.03. The van der Waals surface area contributed by atoms with Gasteiger partial charge in [0.05, 0.1) is 10.0 Å². The van der Waals surface area contributed by atoms with Crippen molar-refractivity contribution < 1.29 is 9.13 Å². The van der Waals surface area contributed by atoms with E-state index < -0.39 is 0 Å². The van der Waals surface area contributed by atoms with Crippen molar-refractivity contribution in [3.05, 3.63) is 57.3 Å². The largest absolute Gasteiger partial charge is 0.455 e. The minimum atomic E-state index is -0.374. The molecule has 0 saturated heterocycles. The van der Waals surface area contributed by atoms with E-state index in [1.807, 2.05) is 6.07 Å². The zero-order valence-electron chi connectivity index (χ0n) is 8.95. The van der Waals surface area contributed by atoms with Gasteiger partial charge in [0, 0.05) is 11.1 Å². The Morgan fingerprint density at radius 1 is 1.17 bits per heavy atom. The molecule has 0 spiro atoms. The zero-order chi connectivity index (χ0) is 13.1. The van der Waals surface area contributed by atoms with Gasteiger partial charge in [0.1, 0.15) is 23.4 Å². The molecule has 90 valence electrons. The van der Waals surface area contributed by atoms with E-state index in [1.165, 1.54) is 24.3 Å². The Kier molecular flexibility index (Phi) is 3.85. The standard InChI is InChI=1S/C13H6BrClFNO/c14-11-6-10(16)3-4-12(11)18-13-5-9(15)2-1-8(13)7-17/h1-6H. The lowest BCUT2D eigenvalue weighted by Gasteiger charge is -2.09. The summed E-state index contributed by atoms with van der Waals surface area (Å²) in [6.45, 7) is 0. The normalized spacial score (nSPS) is 9.89. The summed E-state index contributed by atoms with van der Waals surface area (Å²) in [5.41, 5.74) is 0.357. The monoisotopic (exact) mass is 325 g/mol. The third kappa shape index (κ3) is 2.81. The molecule has 0 fully saturated rings. The summed E-state index contributed by atoms with van der Waals surface area (Å²) in [6, 6.07) is 10.7. The molecule has 0 aromatic heterocycles. The second-order valence-corrected chi connectivity index (χ2v) is 4.72. The Labute approximate surface area is 117 Å². The molecule has 2 nitrogen and oxygen atoms in total. The third-order valence-electron chi connectivity index (χ3n) is 2.18. The van der Waals surface area contributed by atoms with Crippen LogP contribution in [0, 0.1) is 17.1 Å². The number of hydrogen-bond acceptors (Lipinski definition) is 2. The number of hydrogen-bond donors (Lipinski definition) is 0. The topological polar surface area (TPSA) is 33.0 Å². The van der Waals surface area contributed by atoms with Crippen molar-refractivity contribution in [1.29, 1.82) is 5.26 Å². The molecule has 0 radical (unpaired) electrons. The maximum atomic E-state index is 12.9. The summed E-state index contributed by atoms with van der Waals surface area (Å²) in [5, 5.41) is 9.42. The van der Waals surface area contributed by atoms with Crippen molar-refractivity contribution in [2.45, 2.75) is 0 Å². The maximum absolute atomic E-state index is 12.9. The van der Waals surface area contributed by atoms with Crippen molar-refractivity contribution in [3.63, 3.8) is 0 Å². The van der Waals surface area contributed by atoms with Crippen LogP contribution in [0.15, 0.2) is 40.9 Å². The van der Waals surface area contributed by atoms with Crippen LogP contribution in [0.2, 0.25) is 5.02 Å². The molecule has 0 aliphatic heterocycles. The molecule has 0 heterocycles. The molecule has 2 aromatic carbocycles. The fourth-order valence-corrected chi connectivity index (χ4v) is 1.94. The number of halogens is 3. The molecule has 0 saturated carbocycles. The highest BCUT2D eigenvalue weighted by Crippen LogP contribution is 2.33. The van der Waals surface area contributed by atoms with Crippen molar-refractivity contribution in [2.24, 2.45) is 0 Å². The van der Waals surface area contributed by atoms with Crippen LogP contribution >= 0.6 is 27.5 Å². The van der Waals surface area contributed by atoms with Crippen LogP contribution in [0.3, 0.4) is 0 Å². The SMILES string of the molecule is N#Cc1ccc(Cl)cc1Oc1ccc(F)cc1Br. The number of benzene rings is 2. The lowest BCUT2D eigenvalue weighted by atomic mass is 10.2. The zero-order valence-corrected chi connectivity index (χ0v) is 11.3. The van der Waals surface area contributed by atoms with Gasteiger partial charge in [-0.3, -0.25) is 0 Å². The first-order valence-corrected chi connectivity index (χ1v) is 6.10. The van der Waals surface area contributed by atoms with Gasteiger partial charge in [0.25, 0.3) is 0 Å². The van der Waals surface area contributed by atoms with Crippen LogP contribution in [-0.4, -0.2) is 0 Å². The summed E-state index contributed by atoms with van der Waals surface area (Å²) < 4.78 is 18.9. The van der Waals surface area contributed by atoms with Crippen molar-refractivity contribution >= 4 is 27.5 Å². The highest BCUT2D eigenvalue weighted by molar-refractivity contribution is 9.10. The average molecular weight is 327 g/mol. The van der Waals surface area contributed by atoms with Gasteiger partial charge < -0.3 is 4.74 Å². The van der Waals surface area contributed by atoms with Crippen LogP contribution in [0.5, 0.6) is 11.5 Å². The quantitative estimate of drug-likeness (QED) is 0.786. The lowest BCUT2D eigenvalue weighted by molar-refractivity contribution is 0.476. The van der Waals surface area contributed by atoms with Gasteiger partial charge in [-0.05, 0) is 46.3 Å². The Hall–Kier alpha value is -1.57. The highest BCUT2D eigenvalue weighted by Gasteiger charge is 2.08. The molecule has 0 N–H and O–H groups in total. The second-order valence-electron chi connectivity index (χ2n) is 3.43. The first kappa shape index (κ1) is 12.9. The smallest absolute Gasteiger partial charge is 0.146 e. The summed E-state index contributed by atoms with van der Waals surface area (Å²) in [7, 11) is 0. The van der Waals surface area contributed by atoms with E-state index in [-0.39, 0.29) is 5.82 Å². The van der Waals surface area contributed by atoms with E-state index in [0.29, 0.717) is 26.6 Å². The molecular formula is C13H6BrClFNO. The van der Waals surface area contributed by atoms with Crippen LogP contribution in [0.4, 0.5) is 4.39 Å². The van der Waals surface area contributed by atoms with E-state index in [2.05, 4.69) is 15.9 Å². The first-order chi connectivity index (χ1) is 8.60. The van der Waals surface area contributed by atoms with Crippen molar-refractivity contribution in [3.8, 4) is 17.6 Å². The van der Waals surface area contributed by atoms with Crippen LogP contribution in [-0.2, 0) is 0 Å². The van der Waals surface area contributed by atoms with Gasteiger partial charge in [0.15, 0.2) is 0 Å². The van der Waals surface area contributed by atoms with Crippen LogP contribution < -0.4 is 4.74 Å². The van der Waals surface area contributed by atoms with E-state index in [1.54, 1.807) is 12.1 Å². The average Bonchev–Trinajstić information content (AvgIpc) is 2.33. The summed E-state index contributed by atoms with van der Waals surface area (Å²) in [4.78, 5) is 0. The van der Waals surface area contributed by atoms with Crippen molar-refractivity contribution in [2.75, 3.05) is 0 Å². The molecule has 0 aliphatic carbocycles. The van der Waals surface area contributed by atoms with Gasteiger partial charge in [-0.1, -0.05) is 11.6 Å². The Balaban J connectivity index is 2.40. The van der Waals surface area contributed by atoms with Gasteiger partial charge in [-0.25, -0.2) is 4.39 Å². The third-order valence-corrected chi connectivity index (χ3v) is 3.03. The number of nitriles is 1. The molecule has 0 unspecified atom stereocenters. The van der Waals surface area contributed by atoms with Crippen LogP contribution in [0.25, 0.3) is 0 Å². The van der Waals surface area contributed by atoms with Crippen molar-refractivity contribution in [1.82, 2.24) is 0 Å². The van der Waals surface area contributed by atoms with Gasteiger partial charge in [-0.2, -0.15) is 5.26 Å². The lowest BCUT2D eigenvalue weighted by Crippen LogP contribution is -1.90. The predicted molar refractivity (Wildman–Crippen MR) is 70.3 cm³/mol. The molecular weight excluding hydrogens is 321 g/mol. The number of nitrogens with zero attached hydrogens (tertiary/aromatic N) is 1. The number of ether oxygens (including phenoxy) is 1. The molecule has 2 rings (SSSR count). The Morgan fingerprint density at radius 2 is 1.94 bits per heavy atom. The number of rotatable bonds is 2. The molecule has 0 aliphatic rings. The predicted octanol–water partition coefficient (Wildman–Crippen LogP) is 4.91. The minimum Gasteiger partial charge on any atom is -0.455 e. The van der Waals surface area contributed by atoms with E-state index in [9.17, 15) is 4.39 Å². The van der Waals surface area contributed by atoms with Gasteiger partial charge >= 0.3 is 0 Å². The molecule has 18 heavy (non-hydrogen) atoms. The van der Waals surface area contributed by atoms with E-state index in [0.717, 1.165) is 0 Å². The maximum Gasteiger partial charge on any atom is 0.146 e. The summed E-state index contributed by atoms with van der Waals surface area (Å²) in [6.07, 6.45) is 0. The van der Waals surface area contributed by atoms with Crippen LogP contribution in [0.1, 0.15) is 5.56 Å². The second kappa shape index (κ2) is 5.38. The minimum absolute atomic E-state index is 0.331. The van der Waals surface area contributed by atoms with Gasteiger partial charge in [0.2, 0.25) is 0 Å². The molecule has 0 bridgehead atoms. The molecule has 0 amide bonds. The molecule has 2 aromatic rings. The molecule has 5 heteroatoms. The fourth-order valence-electron chi connectivity index (χ4n) is 1.35. The van der Waals surface area contributed by atoms with E-state index >= 15 is 0 Å². The fraction of sp³-hybridized carbons (Fsp3) is 0. The van der Waals surface area contributed by atoms with E-state index in [4.69, 9.17) is 21.6 Å². The molecule has 0 atom stereocenters.